The predicted molar refractivity (Wildman–Crippen MR) is 103 cm³/mol. The van der Waals surface area contributed by atoms with E-state index in [1.807, 2.05) is 24.3 Å². The maximum atomic E-state index is 12.6. The van der Waals surface area contributed by atoms with Gasteiger partial charge in [0, 0.05) is 25.7 Å². The number of rotatable bonds is 5. The van der Waals surface area contributed by atoms with Crippen LogP contribution < -0.4 is 9.62 Å². The number of anilines is 1. The molecule has 138 valence electrons. The predicted octanol–water partition coefficient (Wildman–Crippen LogP) is 3.20. The van der Waals surface area contributed by atoms with E-state index in [9.17, 15) is 13.2 Å². The zero-order chi connectivity index (χ0) is 18.9. The van der Waals surface area contributed by atoms with Crippen LogP contribution in [0.2, 0.25) is 0 Å². The number of nitrogens with zero attached hydrogens (tertiary/aromatic N) is 1. The Morgan fingerprint density at radius 3 is 2.46 bits per heavy atom. The van der Waals surface area contributed by atoms with Gasteiger partial charge >= 0.3 is 0 Å². The fraction of sp³-hybridized carbons (Fsp3) is 0.350. The van der Waals surface area contributed by atoms with Gasteiger partial charge in [-0.05, 0) is 47.2 Å². The van der Waals surface area contributed by atoms with Gasteiger partial charge in [-0.3, -0.25) is 4.79 Å². The molecule has 0 radical (unpaired) electrons. The first-order valence-electron chi connectivity index (χ1n) is 8.77. The van der Waals surface area contributed by atoms with Crippen LogP contribution in [0.1, 0.15) is 43.4 Å². The Morgan fingerprint density at radius 1 is 1.15 bits per heavy atom. The summed E-state index contributed by atoms with van der Waals surface area (Å²) in [7, 11) is -3.60. The molecule has 0 atom stereocenters. The van der Waals surface area contributed by atoms with Gasteiger partial charge in [0.05, 0.1) is 4.90 Å². The molecule has 0 bridgehead atoms. The number of hydrogen-bond acceptors (Lipinski definition) is 3. The molecule has 0 aromatic heterocycles. The quantitative estimate of drug-likeness (QED) is 0.876. The van der Waals surface area contributed by atoms with E-state index in [4.69, 9.17) is 0 Å². The number of carbonyl (C=O) groups excluding carboxylic acids is 1. The standard InChI is InChI=1S/C20H24N2O3S/c1-14(2)17-6-4-16(5-7-17)13-21-26(24,25)19-8-9-20-18(12-19)10-11-22(20)15(3)23/h4-9,12,14,21H,10-11,13H2,1-3H3. The van der Waals surface area contributed by atoms with Gasteiger partial charge in [-0.1, -0.05) is 38.1 Å². The molecule has 3 rings (SSSR count). The second-order valence-corrected chi connectivity index (χ2v) is 8.70. The molecule has 1 heterocycles. The highest BCUT2D eigenvalue weighted by Gasteiger charge is 2.24. The fourth-order valence-corrected chi connectivity index (χ4v) is 4.22. The van der Waals surface area contributed by atoms with Gasteiger partial charge < -0.3 is 4.90 Å². The van der Waals surface area contributed by atoms with Crippen molar-refractivity contribution < 1.29 is 13.2 Å². The zero-order valence-electron chi connectivity index (χ0n) is 15.3. The lowest BCUT2D eigenvalue weighted by atomic mass is 10.0. The Morgan fingerprint density at radius 2 is 1.85 bits per heavy atom. The smallest absolute Gasteiger partial charge is 0.240 e. The summed E-state index contributed by atoms with van der Waals surface area (Å²) >= 11 is 0. The molecule has 0 saturated carbocycles. The summed E-state index contributed by atoms with van der Waals surface area (Å²) in [5.74, 6) is 0.420. The van der Waals surface area contributed by atoms with Gasteiger partial charge in [0.25, 0.3) is 0 Å². The van der Waals surface area contributed by atoms with Crippen LogP contribution in [-0.2, 0) is 27.8 Å². The molecular weight excluding hydrogens is 348 g/mol. The number of carbonyl (C=O) groups is 1. The van der Waals surface area contributed by atoms with Crippen molar-refractivity contribution in [2.75, 3.05) is 11.4 Å². The van der Waals surface area contributed by atoms with E-state index in [1.54, 1.807) is 23.1 Å². The van der Waals surface area contributed by atoms with E-state index in [0.717, 1.165) is 16.8 Å². The van der Waals surface area contributed by atoms with E-state index in [1.165, 1.54) is 12.5 Å². The average molecular weight is 372 g/mol. The highest BCUT2D eigenvalue weighted by Crippen LogP contribution is 2.30. The summed E-state index contributed by atoms with van der Waals surface area (Å²) < 4.78 is 27.9. The molecule has 0 spiro atoms. The molecule has 2 aromatic carbocycles. The molecule has 0 aliphatic carbocycles. The number of nitrogens with one attached hydrogen (secondary N) is 1. The van der Waals surface area contributed by atoms with E-state index >= 15 is 0 Å². The summed E-state index contributed by atoms with van der Waals surface area (Å²) in [5, 5.41) is 0. The minimum absolute atomic E-state index is 0.0256. The minimum Gasteiger partial charge on any atom is -0.312 e. The Labute approximate surface area is 155 Å². The summed E-state index contributed by atoms with van der Waals surface area (Å²) in [4.78, 5) is 13.5. The van der Waals surface area contributed by atoms with Crippen LogP contribution in [-0.4, -0.2) is 20.9 Å². The molecule has 1 aliphatic rings. The van der Waals surface area contributed by atoms with Crippen molar-refractivity contribution in [2.24, 2.45) is 0 Å². The van der Waals surface area contributed by atoms with Crippen molar-refractivity contribution in [3.05, 3.63) is 59.2 Å². The second-order valence-electron chi connectivity index (χ2n) is 6.93. The number of hydrogen-bond donors (Lipinski definition) is 1. The van der Waals surface area contributed by atoms with Crippen molar-refractivity contribution in [2.45, 2.75) is 44.6 Å². The Balaban J connectivity index is 1.73. The summed E-state index contributed by atoms with van der Waals surface area (Å²) in [6.45, 7) is 6.62. The first-order chi connectivity index (χ1) is 12.3. The molecule has 1 amide bonds. The Kier molecular flexibility index (Phi) is 5.16. The molecule has 0 saturated heterocycles. The lowest BCUT2D eigenvalue weighted by Crippen LogP contribution is -2.26. The van der Waals surface area contributed by atoms with Crippen molar-refractivity contribution >= 4 is 21.6 Å². The SMILES string of the molecule is CC(=O)N1CCc2cc(S(=O)(=O)NCc3ccc(C(C)C)cc3)ccc21. The highest BCUT2D eigenvalue weighted by molar-refractivity contribution is 7.89. The normalized spacial score (nSPS) is 13.9. The third kappa shape index (κ3) is 3.81. The third-order valence-electron chi connectivity index (χ3n) is 4.75. The number of sulfonamides is 1. The van der Waals surface area contributed by atoms with Crippen molar-refractivity contribution in [1.29, 1.82) is 0 Å². The van der Waals surface area contributed by atoms with Gasteiger partial charge in [0.15, 0.2) is 0 Å². The lowest BCUT2D eigenvalue weighted by molar-refractivity contribution is -0.116. The summed E-state index contributed by atoms with van der Waals surface area (Å²) in [6, 6.07) is 12.9. The largest absolute Gasteiger partial charge is 0.312 e. The number of benzene rings is 2. The van der Waals surface area contributed by atoms with Crippen LogP contribution in [0.4, 0.5) is 5.69 Å². The van der Waals surface area contributed by atoms with Gasteiger partial charge in [-0.2, -0.15) is 0 Å². The van der Waals surface area contributed by atoms with Crippen LogP contribution in [0.3, 0.4) is 0 Å². The van der Waals surface area contributed by atoms with E-state index in [2.05, 4.69) is 18.6 Å². The fourth-order valence-electron chi connectivity index (χ4n) is 3.15. The van der Waals surface area contributed by atoms with Crippen LogP contribution in [0, 0.1) is 0 Å². The maximum absolute atomic E-state index is 12.6. The van der Waals surface area contributed by atoms with Gasteiger partial charge in [-0.25, -0.2) is 13.1 Å². The molecular formula is C20H24N2O3S. The molecule has 26 heavy (non-hydrogen) atoms. The Hall–Kier alpha value is -2.18. The lowest BCUT2D eigenvalue weighted by Gasteiger charge is -2.15. The second kappa shape index (κ2) is 7.21. The van der Waals surface area contributed by atoms with Crippen LogP contribution in [0.25, 0.3) is 0 Å². The molecule has 1 N–H and O–H groups in total. The van der Waals surface area contributed by atoms with E-state index in [-0.39, 0.29) is 17.3 Å². The summed E-state index contributed by atoms with van der Waals surface area (Å²) in [5.41, 5.74) is 3.84. The maximum Gasteiger partial charge on any atom is 0.240 e. The first-order valence-corrected chi connectivity index (χ1v) is 10.3. The van der Waals surface area contributed by atoms with Crippen LogP contribution in [0.15, 0.2) is 47.4 Å². The Bertz CT molecular complexity index is 919. The van der Waals surface area contributed by atoms with E-state index < -0.39 is 10.0 Å². The molecule has 2 aromatic rings. The molecule has 1 aliphatic heterocycles. The van der Waals surface area contributed by atoms with E-state index in [0.29, 0.717) is 18.9 Å². The van der Waals surface area contributed by atoms with Crippen molar-refractivity contribution in [1.82, 2.24) is 4.72 Å². The topological polar surface area (TPSA) is 66.5 Å². The van der Waals surface area contributed by atoms with Gasteiger partial charge in [0.1, 0.15) is 0 Å². The summed E-state index contributed by atoms with van der Waals surface area (Å²) in [6.07, 6.45) is 0.676. The number of fused-ring (bicyclic) bond motifs is 1. The monoisotopic (exact) mass is 372 g/mol. The molecule has 5 nitrogen and oxygen atoms in total. The highest BCUT2D eigenvalue weighted by atomic mass is 32.2. The third-order valence-corrected chi connectivity index (χ3v) is 6.15. The molecule has 6 heteroatoms. The molecule has 0 fully saturated rings. The first kappa shape index (κ1) is 18.6. The molecule has 0 unspecified atom stereocenters. The van der Waals surface area contributed by atoms with Crippen LogP contribution >= 0.6 is 0 Å². The average Bonchev–Trinajstić information content (AvgIpc) is 3.04. The van der Waals surface area contributed by atoms with Crippen molar-refractivity contribution in [3.63, 3.8) is 0 Å². The minimum atomic E-state index is -3.60. The van der Waals surface area contributed by atoms with Gasteiger partial charge in [-0.15, -0.1) is 0 Å². The van der Waals surface area contributed by atoms with Gasteiger partial charge in [0.2, 0.25) is 15.9 Å². The number of amides is 1. The zero-order valence-corrected chi connectivity index (χ0v) is 16.1. The van der Waals surface area contributed by atoms with Crippen LogP contribution in [0.5, 0.6) is 0 Å². The van der Waals surface area contributed by atoms with Crippen molar-refractivity contribution in [3.8, 4) is 0 Å².